The average molecular weight is 484 g/mol. The summed E-state index contributed by atoms with van der Waals surface area (Å²) in [5.74, 6) is 4.93. The molecule has 6 fully saturated rings. The molecule has 4 nitrogen and oxygen atoms in total. The Morgan fingerprint density at radius 1 is 1.00 bits per heavy atom. The summed E-state index contributed by atoms with van der Waals surface area (Å²) in [6.45, 7) is 15.4. The first-order valence-corrected chi connectivity index (χ1v) is 14.9. The van der Waals surface area contributed by atoms with Crippen LogP contribution in [0, 0.1) is 52.3 Å². The summed E-state index contributed by atoms with van der Waals surface area (Å²) < 4.78 is 13.2. The maximum absolute atomic E-state index is 12.2. The summed E-state index contributed by atoms with van der Waals surface area (Å²) in [6, 6.07) is 0. The number of carbonyl (C=O) groups excluding carboxylic acids is 1. The standard InChI is InChI=1S/C31H49NO3/c1-6-15-34-23-10-12-29(4)22(16-23)7-8-24-25(29)11-13-30(5)26(24)17-27-28(30)21(3)31(35-27)14-9-20(2)18-32(31)19-33/h6,19-28H,1,7-18H2,2-5H3/t20-,21?,22?,23-,24?,25?,26?,27?,28?,29-,30-,31-/m0/s1. The number of amides is 1. The molecule has 4 saturated carbocycles. The third-order valence-corrected chi connectivity index (χ3v) is 12.9. The van der Waals surface area contributed by atoms with Crippen molar-refractivity contribution in [2.24, 2.45) is 52.3 Å². The zero-order valence-corrected chi connectivity index (χ0v) is 22.7. The van der Waals surface area contributed by atoms with Crippen LogP contribution in [0.1, 0.15) is 91.9 Å². The number of hydrogen-bond donors (Lipinski definition) is 0. The minimum Gasteiger partial charge on any atom is -0.374 e. The van der Waals surface area contributed by atoms with E-state index in [1.54, 1.807) is 0 Å². The molecular formula is C31H49NO3. The van der Waals surface area contributed by atoms with E-state index in [9.17, 15) is 4.79 Å². The summed E-state index contributed by atoms with van der Waals surface area (Å²) in [6.07, 6.45) is 16.5. The van der Waals surface area contributed by atoms with Crippen LogP contribution in [0.15, 0.2) is 12.7 Å². The molecule has 6 aliphatic rings. The largest absolute Gasteiger partial charge is 0.374 e. The summed E-state index contributed by atoms with van der Waals surface area (Å²) in [5, 5.41) is 0. The van der Waals surface area contributed by atoms with Crippen LogP contribution in [-0.2, 0) is 14.3 Å². The summed E-state index contributed by atoms with van der Waals surface area (Å²) in [4.78, 5) is 14.2. The fraction of sp³-hybridized carbons (Fsp3) is 0.903. The SMILES string of the molecule is C=CCO[C@H]1CC[C@@]2(C)C(CCC3C2CC[C@@]2(C)C3CC3O[C@@]4(CC[C@H](C)CN4C=O)C(C)C32)C1. The molecule has 1 spiro atoms. The first-order chi connectivity index (χ1) is 16.8. The predicted molar refractivity (Wildman–Crippen MR) is 138 cm³/mol. The van der Waals surface area contributed by atoms with Gasteiger partial charge in [-0.15, -0.1) is 6.58 Å². The fourth-order valence-electron chi connectivity index (χ4n) is 11.2. The van der Waals surface area contributed by atoms with Gasteiger partial charge in [0.2, 0.25) is 6.41 Å². The molecule has 35 heavy (non-hydrogen) atoms. The first kappa shape index (κ1) is 24.5. The molecule has 7 unspecified atom stereocenters. The predicted octanol–water partition coefficient (Wildman–Crippen LogP) is 6.45. The van der Waals surface area contributed by atoms with E-state index >= 15 is 0 Å². The molecule has 0 aromatic rings. The zero-order chi connectivity index (χ0) is 24.6. The van der Waals surface area contributed by atoms with Crippen LogP contribution >= 0.6 is 0 Å². The Bertz CT molecular complexity index is 845. The average Bonchev–Trinajstić information content (AvgIpc) is 3.30. The Kier molecular flexibility index (Phi) is 6.00. The quantitative estimate of drug-likeness (QED) is 0.341. The van der Waals surface area contributed by atoms with Gasteiger partial charge in [-0.05, 0) is 111 Å². The lowest BCUT2D eigenvalue weighted by Crippen LogP contribution is -2.59. The van der Waals surface area contributed by atoms with Crippen molar-refractivity contribution in [3.05, 3.63) is 12.7 Å². The monoisotopic (exact) mass is 483 g/mol. The maximum Gasteiger partial charge on any atom is 0.211 e. The highest BCUT2D eigenvalue weighted by Crippen LogP contribution is 2.71. The number of rotatable bonds is 4. The van der Waals surface area contributed by atoms with E-state index in [1.807, 2.05) is 6.08 Å². The van der Waals surface area contributed by atoms with Crippen molar-refractivity contribution in [2.45, 2.75) is 110 Å². The second kappa shape index (κ2) is 8.58. The molecule has 1 amide bonds. The molecule has 2 aliphatic heterocycles. The van der Waals surface area contributed by atoms with Gasteiger partial charge in [0, 0.05) is 12.5 Å². The second-order valence-corrected chi connectivity index (χ2v) is 14.2. The third-order valence-electron chi connectivity index (χ3n) is 12.9. The second-order valence-electron chi connectivity index (χ2n) is 14.2. The number of likely N-dealkylation sites (tertiary alicyclic amines) is 1. The minimum atomic E-state index is -0.345. The van der Waals surface area contributed by atoms with E-state index in [0.29, 0.717) is 47.4 Å². The van der Waals surface area contributed by atoms with E-state index in [2.05, 4.69) is 39.2 Å². The minimum absolute atomic E-state index is 0.336. The molecule has 0 radical (unpaired) electrons. The molecule has 0 aromatic carbocycles. The van der Waals surface area contributed by atoms with Gasteiger partial charge in [0.15, 0.2) is 0 Å². The molecule has 12 atom stereocenters. The van der Waals surface area contributed by atoms with Gasteiger partial charge in [0.1, 0.15) is 5.72 Å². The van der Waals surface area contributed by atoms with E-state index in [0.717, 1.165) is 43.0 Å². The van der Waals surface area contributed by atoms with Crippen LogP contribution in [0.25, 0.3) is 0 Å². The van der Waals surface area contributed by atoms with Crippen molar-refractivity contribution in [3.63, 3.8) is 0 Å². The topological polar surface area (TPSA) is 38.8 Å². The van der Waals surface area contributed by atoms with Crippen LogP contribution in [0.5, 0.6) is 0 Å². The van der Waals surface area contributed by atoms with Gasteiger partial charge in [0.05, 0.1) is 18.8 Å². The van der Waals surface area contributed by atoms with Crippen LogP contribution in [0.2, 0.25) is 0 Å². The highest BCUT2D eigenvalue weighted by molar-refractivity contribution is 5.49. The highest BCUT2D eigenvalue weighted by Gasteiger charge is 2.69. The van der Waals surface area contributed by atoms with Crippen molar-refractivity contribution in [2.75, 3.05) is 13.2 Å². The summed E-state index contributed by atoms with van der Waals surface area (Å²) in [7, 11) is 0. The Morgan fingerprint density at radius 3 is 2.57 bits per heavy atom. The van der Waals surface area contributed by atoms with Gasteiger partial charge in [-0.25, -0.2) is 0 Å². The lowest BCUT2D eigenvalue weighted by molar-refractivity contribution is -0.194. The Balaban J connectivity index is 1.22. The lowest BCUT2D eigenvalue weighted by Gasteiger charge is -2.61. The van der Waals surface area contributed by atoms with Crippen molar-refractivity contribution in [3.8, 4) is 0 Å². The Labute approximate surface area is 213 Å². The number of hydrogen-bond acceptors (Lipinski definition) is 3. The molecule has 0 bridgehead atoms. The van der Waals surface area contributed by atoms with E-state index in [4.69, 9.17) is 9.47 Å². The van der Waals surface area contributed by atoms with Gasteiger partial charge in [0.25, 0.3) is 0 Å². The molecule has 4 aliphatic carbocycles. The van der Waals surface area contributed by atoms with Gasteiger partial charge < -0.3 is 14.4 Å². The fourth-order valence-corrected chi connectivity index (χ4v) is 11.2. The normalized spacial score (nSPS) is 55.1. The Hall–Kier alpha value is -0.870. The smallest absolute Gasteiger partial charge is 0.211 e. The molecule has 0 aromatic heterocycles. The zero-order valence-electron chi connectivity index (χ0n) is 22.7. The van der Waals surface area contributed by atoms with Crippen LogP contribution in [0.3, 0.4) is 0 Å². The molecule has 2 heterocycles. The molecule has 196 valence electrons. The Morgan fingerprint density at radius 2 is 1.80 bits per heavy atom. The van der Waals surface area contributed by atoms with Gasteiger partial charge in [-0.2, -0.15) is 0 Å². The molecule has 2 saturated heterocycles. The number of nitrogens with zero attached hydrogens (tertiary/aromatic N) is 1. The molecule has 0 N–H and O–H groups in total. The number of fused-ring (bicyclic) bond motifs is 7. The molecule has 6 rings (SSSR count). The van der Waals surface area contributed by atoms with Crippen molar-refractivity contribution >= 4 is 6.41 Å². The molecule has 4 heteroatoms. The number of piperidine rings is 1. The van der Waals surface area contributed by atoms with Gasteiger partial charge >= 0.3 is 0 Å². The summed E-state index contributed by atoms with van der Waals surface area (Å²) >= 11 is 0. The number of carbonyl (C=O) groups is 1. The van der Waals surface area contributed by atoms with Gasteiger partial charge in [-0.1, -0.05) is 33.8 Å². The lowest BCUT2D eigenvalue weighted by atomic mass is 9.44. The third kappa shape index (κ3) is 3.40. The first-order valence-electron chi connectivity index (χ1n) is 14.9. The van der Waals surface area contributed by atoms with Crippen LogP contribution in [0.4, 0.5) is 0 Å². The van der Waals surface area contributed by atoms with E-state index < -0.39 is 0 Å². The van der Waals surface area contributed by atoms with Crippen molar-refractivity contribution in [1.82, 2.24) is 4.90 Å². The van der Waals surface area contributed by atoms with Crippen LogP contribution < -0.4 is 0 Å². The molecular weight excluding hydrogens is 434 g/mol. The van der Waals surface area contributed by atoms with Gasteiger partial charge in [-0.3, -0.25) is 4.79 Å². The van der Waals surface area contributed by atoms with Crippen LogP contribution in [-0.4, -0.2) is 42.4 Å². The highest BCUT2D eigenvalue weighted by atomic mass is 16.5. The van der Waals surface area contributed by atoms with E-state index in [-0.39, 0.29) is 5.72 Å². The maximum atomic E-state index is 12.2. The van der Waals surface area contributed by atoms with Crippen molar-refractivity contribution < 1.29 is 14.3 Å². The van der Waals surface area contributed by atoms with E-state index in [1.165, 1.54) is 57.8 Å². The number of ether oxygens (including phenoxy) is 2. The summed E-state index contributed by atoms with van der Waals surface area (Å²) in [5.41, 5.74) is 0.499. The van der Waals surface area contributed by atoms with Crippen molar-refractivity contribution in [1.29, 1.82) is 0 Å².